The molecular weight excluding hydrogens is 243 g/mol. The molecule has 2 nitrogen and oxygen atoms in total. The van der Waals surface area contributed by atoms with Gasteiger partial charge in [0.1, 0.15) is 11.9 Å². The summed E-state index contributed by atoms with van der Waals surface area (Å²) in [7, 11) is 0. The highest BCUT2D eigenvalue weighted by molar-refractivity contribution is 6.00. The number of ketones is 1. The molecule has 0 bridgehead atoms. The van der Waals surface area contributed by atoms with E-state index in [1.165, 1.54) is 12.1 Å². The van der Waals surface area contributed by atoms with Crippen LogP contribution in [0.5, 0.6) is 0 Å². The molecule has 0 fully saturated rings. The second-order valence-corrected chi connectivity index (χ2v) is 4.09. The summed E-state index contributed by atoms with van der Waals surface area (Å²) < 4.78 is 19.2. The summed E-state index contributed by atoms with van der Waals surface area (Å²) >= 11 is 0. The highest BCUT2D eigenvalue weighted by Gasteiger charge is 2.24. The molecule has 0 heterocycles. The Morgan fingerprint density at radius 3 is 2.37 bits per heavy atom. The van der Waals surface area contributed by atoms with Gasteiger partial charge in [-0.25, -0.2) is 4.39 Å². The molecule has 0 saturated heterocycles. The van der Waals surface area contributed by atoms with Crippen LogP contribution in [0.3, 0.4) is 0 Å². The number of carbonyl (C=O) groups is 1. The Balaban J connectivity index is 2.35. The summed E-state index contributed by atoms with van der Waals surface area (Å²) in [6.45, 7) is 2.20. The standard InChI is InChI=1S/C16H15FO2/c1-2-19-16(12-8-4-3-5-9-12)15(18)13-10-6-7-11-14(13)17/h3-11,16H,2H2,1H3. The SMILES string of the molecule is CCOC(C(=O)c1ccccc1F)c1ccccc1. The maximum Gasteiger partial charge on any atom is 0.199 e. The van der Waals surface area contributed by atoms with Crippen molar-refractivity contribution in [3.8, 4) is 0 Å². The summed E-state index contributed by atoms with van der Waals surface area (Å²) in [6, 6.07) is 15.1. The van der Waals surface area contributed by atoms with Crippen molar-refractivity contribution in [1.29, 1.82) is 0 Å². The van der Waals surface area contributed by atoms with Crippen LogP contribution < -0.4 is 0 Å². The predicted molar refractivity (Wildman–Crippen MR) is 71.5 cm³/mol. The third-order valence-electron chi connectivity index (χ3n) is 2.81. The zero-order chi connectivity index (χ0) is 13.7. The van der Waals surface area contributed by atoms with Crippen molar-refractivity contribution in [2.24, 2.45) is 0 Å². The zero-order valence-electron chi connectivity index (χ0n) is 10.7. The molecule has 0 aliphatic rings. The van der Waals surface area contributed by atoms with Crippen molar-refractivity contribution in [2.45, 2.75) is 13.0 Å². The average Bonchev–Trinajstić information content (AvgIpc) is 2.45. The average molecular weight is 258 g/mol. The molecule has 0 aliphatic carbocycles. The zero-order valence-corrected chi connectivity index (χ0v) is 10.7. The first-order chi connectivity index (χ1) is 9.24. The highest BCUT2D eigenvalue weighted by Crippen LogP contribution is 2.23. The molecule has 2 rings (SSSR count). The van der Waals surface area contributed by atoms with Gasteiger partial charge in [-0.3, -0.25) is 4.79 Å². The van der Waals surface area contributed by atoms with Crippen LogP contribution in [0.4, 0.5) is 4.39 Å². The lowest BCUT2D eigenvalue weighted by atomic mass is 9.99. The molecule has 98 valence electrons. The van der Waals surface area contributed by atoms with E-state index in [0.717, 1.165) is 5.56 Å². The first kappa shape index (κ1) is 13.4. The molecule has 1 atom stereocenters. The molecule has 19 heavy (non-hydrogen) atoms. The maximum atomic E-state index is 13.7. The summed E-state index contributed by atoms with van der Waals surface area (Å²) in [5.41, 5.74) is 0.794. The van der Waals surface area contributed by atoms with Gasteiger partial charge in [-0.2, -0.15) is 0 Å². The van der Waals surface area contributed by atoms with Gasteiger partial charge in [0, 0.05) is 6.61 Å². The van der Waals surface area contributed by atoms with Crippen LogP contribution in [-0.2, 0) is 4.74 Å². The van der Waals surface area contributed by atoms with Gasteiger partial charge in [0.2, 0.25) is 0 Å². The molecule has 0 N–H and O–H groups in total. The van der Waals surface area contributed by atoms with Gasteiger partial charge in [-0.05, 0) is 24.6 Å². The van der Waals surface area contributed by atoms with Crippen molar-refractivity contribution < 1.29 is 13.9 Å². The number of hydrogen-bond acceptors (Lipinski definition) is 2. The quantitative estimate of drug-likeness (QED) is 0.763. The van der Waals surface area contributed by atoms with Gasteiger partial charge in [0.15, 0.2) is 5.78 Å². The molecule has 0 spiro atoms. The lowest BCUT2D eigenvalue weighted by Crippen LogP contribution is -2.17. The monoisotopic (exact) mass is 258 g/mol. The largest absolute Gasteiger partial charge is 0.366 e. The topological polar surface area (TPSA) is 26.3 Å². The number of hydrogen-bond donors (Lipinski definition) is 0. The third-order valence-corrected chi connectivity index (χ3v) is 2.81. The van der Waals surface area contributed by atoms with E-state index >= 15 is 0 Å². The predicted octanol–water partition coefficient (Wildman–Crippen LogP) is 3.79. The van der Waals surface area contributed by atoms with Crippen LogP contribution in [0.25, 0.3) is 0 Å². The summed E-state index contributed by atoms with van der Waals surface area (Å²) in [4.78, 5) is 12.4. The fraction of sp³-hybridized carbons (Fsp3) is 0.188. The van der Waals surface area contributed by atoms with Crippen molar-refractivity contribution in [3.63, 3.8) is 0 Å². The Hall–Kier alpha value is -2.00. The van der Waals surface area contributed by atoms with Gasteiger partial charge in [-0.15, -0.1) is 0 Å². The first-order valence-electron chi connectivity index (χ1n) is 6.19. The molecule has 0 amide bonds. The van der Waals surface area contributed by atoms with E-state index in [1.54, 1.807) is 24.3 Å². The van der Waals surface area contributed by atoms with E-state index in [9.17, 15) is 9.18 Å². The highest BCUT2D eigenvalue weighted by atomic mass is 19.1. The second-order valence-electron chi connectivity index (χ2n) is 4.09. The van der Waals surface area contributed by atoms with E-state index in [1.807, 2.05) is 25.1 Å². The second kappa shape index (κ2) is 6.25. The van der Waals surface area contributed by atoms with E-state index in [4.69, 9.17) is 4.74 Å². The Bertz CT molecular complexity index is 552. The molecule has 0 saturated carbocycles. The van der Waals surface area contributed by atoms with E-state index in [-0.39, 0.29) is 11.3 Å². The Labute approximate surface area is 111 Å². The van der Waals surface area contributed by atoms with E-state index in [2.05, 4.69) is 0 Å². The van der Waals surface area contributed by atoms with Crippen molar-refractivity contribution in [1.82, 2.24) is 0 Å². The van der Waals surface area contributed by atoms with Crippen LogP contribution in [0.1, 0.15) is 28.9 Å². The molecule has 0 radical (unpaired) electrons. The minimum atomic E-state index is -0.761. The molecule has 0 aliphatic heterocycles. The van der Waals surface area contributed by atoms with Gasteiger partial charge in [-0.1, -0.05) is 42.5 Å². The molecular formula is C16H15FO2. The number of ether oxygens (including phenoxy) is 1. The number of halogens is 1. The lowest BCUT2D eigenvalue weighted by molar-refractivity contribution is 0.0449. The number of carbonyl (C=O) groups excluding carboxylic acids is 1. The molecule has 2 aromatic carbocycles. The smallest absolute Gasteiger partial charge is 0.199 e. The van der Waals surface area contributed by atoms with Gasteiger partial charge in [0.25, 0.3) is 0 Å². The molecule has 1 unspecified atom stereocenters. The van der Waals surface area contributed by atoms with Crippen LogP contribution in [0, 0.1) is 5.82 Å². The van der Waals surface area contributed by atoms with Gasteiger partial charge in [0.05, 0.1) is 5.56 Å². The van der Waals surface area contributed by atoms with Crippen molar-refractivity contribution >= 4 is 5.78 Å². The van der Waals surface area contributed by atoms with Crippen LogP contribution in [0.2, 0.25) is 0 Å². The first-order valence-corrected chi connectivity index (χ1v) is 6.19. The van der Waals surface area contributed by atoms with Crippen molar-refractivity contribution in [2.75, 3.05) is 6.61 Å². The minimum absolute atomic E-state index is 0.0600. The number of Topliss-reactive ketones (excluding diaryl/α,β-unsaturated/α-hetero) is 1. The summed E-state index contributed by atoms with van der Waals surface area (Å²) in [6.07, 6.45) is -0.761. The molecule has 2 aromatic rings. The lowest BCUT2D eigenvalue weighted by Gasteiger charge is -2.16. The fourth-order valence-corrected chi connectivity index (χ4v) is 1.92. The normalized spacial score (nSPS) is 12.1. The Kier molecular flexibility index (Phi) is 4.42. The van der Waals surface area contributed by atoms with Crippen molar-refractivity contribution in [3.05, 3.63) is 71.5 Å². The van der Waals surface area contributed by atoms with Gasteiger partial charge >= 0.3 is 0 Å². The number of rotatable bonds is 5. The van der Waals surface area contributed by atoms with E-state index < -0.39 is 11.9 Å². The van der Waals surface area contributed by atoms with E-state index in [0.29, 0.717) is 6.61 Å². The third kappa shape index (κ3) is 3.06. The summed E-state index contributed by atoms with van der Waals surface area (Å²) in [5.74, 6) is -0.876. The van der Waals surface area contributed by atoms with Crippen LogP contribution in [-0.4, -0.2) is 12.4 Å². The minimum Gasteiger partial charge on any atom is -0.366 e. The summed E-state index contributed by atoms with van der Waals surface area (Å²) in [5, 5.41) is 0. The van der Waals surface area contributed by atoms with Crippen LogP contribution in [0.15, 0.2) is 54.6 Å². The Morgan fingerprint density at radius 1 is 1.11 bits per heavy atom. The number of benzene rings is 2. The maximum absolute atomic E-state index is 13.7. The fourth-order valence-electron chi connectivity index (χ4n) is 1.92. The molecule has 0 aromatic heterocycles. The Morgan fingerprint density at radius 2 is 1.74 bits per heavy atom. The molecule has 3 heteroatoms. The van der Waals surface area contributed by atoms with Gasteiger partial charge < -0.3 is 4.74 Å². The van der Waals surface area contributed by atoms with Crippen LogP contribution >= 0.6 is 0 Å².